The lowest BCUT2D eigenvalue weighted by atomic mass is 9.95. The van der Waals surface area contributed by atoms with Gasteiger partial charge in [-0.15, -0.1) is 0 Å². The Morgan fingerprint density at radius 3 is 2.16 bits per heavy atom. The summed E-state index contributed by atoms with van der Waals surface area (Å²) in [5.74, 6) is -0.612. The van der Waals surface area contributed by atoms with Crippen LogP contribution < -0.4 is 0 Å². The van der Waals surface area contributed by atoms with Crippen LogP contribution >= 0.6 is 22.6 Å². The molecule has 0 heterocycles. The van der Waals surface area contributed by atoms with Crippen molar-refractivity contribution in [2.45, 2.75) is 47.1 Å². The first kappa shape index (κ1) is 26.8. The van der Waals surface area contributed by atoms with Crippen LogP contribution in [0.4, 0.5) is 0 Å². The summed E-state index contributed by atoms with van der Waals surface area (Å²) in [7, 11) is 3.84. The van der Waals surface area contributed by atoms with Crippen molar-refractivity contribution in [1.29, 1.82) is 0 Å². The van der Waals surface area contributed by atoms with E-state index in [1.165, 1.54) is 0 Å². The zero-order valence-electron chi connectivity index (χ0n) is 17.1. The van der Waals surface area contributed by atoms with Gasteiger partial charge in [0.1, 0.15) is 13.2 Å². The highest BCUT2D eigenvalue weighted by atomic mass is 127. The maximum absolute atomic E-state index is 12.0. The minimum atomic E-state index is -0.735. The van der Waals surface area contributed by atoms with Gasteiger partial charge in [0, 0.05) is 6.54 Å². The van der Waals surface area contributed by atoms with Crippen LogP contribution in [-0.4, -0.2) is 68.3 Å². The van der Waals surface area contributed by atoms with Crippen LogP contribution in [0.2, 0.25) is 0 Å². The van der Waals surface area contributed by atoms with E-state index in [-0.39, 0.29) is 37.2 Å². The molecular formula is C18H36INO5. The number of likely N-dealkylation sites (N-methyl/N-ethyl adjacent to an activating group) is 1. The molecule has 150 valence electrons. The predicted octanol–water partition coefficient (Wildman–Crippen LogP) is 3.16. The normalized spacial score (nSPS) is 13.5. The summed E-state index contributed by atoms with van der Waals surface area (Å²) in [4.78, 5) is 27.6. The van der Waals surface area contributed by atoms with Gasteiger partial charge in [-0.3, -0.25) is 9.59 Å². The number of alkyl halides is 1. The van der Waals surface area contributed by atoms with Crippen molar-refractivity contribution in [3.05, 3.63) is 0 Å². The third-order valence-electron chi connectivity index (χ3n) is 3.53. The Bertz CT molecular complexity index is 374. The molecular weight excluding hydrogens is 437 g/mol. The second-order valence-electron chi connectivity index (χ2n) is 6.88. The Labute approximate surface area is 167 Å². The number of halogens is 1. The van der Waals surface area contributed by atoms with E-state index in [0.29, 0.717) is 13.2 Å². The van der Waals surface area contributed by atoms with Gasteiger partial charge in [0.15, 0.2) is 0 Å². The summed E-state index contributed by atoms with van der Waals surface area (Å²) in [5.41, 5.74) is -0.735. The molecule has 0 aliphatic rings. The molecule has 7 heteroatoms. The van der Waals surface area contributed by atoms with E-state index >= 15 is 0 Å². The van der Waals surface area contributed by atoms with Gasteiger partial charge in [-0.1, -0.05) is 36.4 Å². The minimum absolute atomic E-state index is 0.106. The van der Waals surface area contributed by atoms with Crippen LogP contribution in [0.15, 0.2) is 0 Å². The maximum atomic E-state index is 12.0. The standard InChI is InChI=1S/C17H33NO5.CH3I/c1-8-13(2)15(19)22-11-14(3)23-12-17(4,5)16(20)21-10-9-18(6)7;1-2/h13-14H,8-12H2,1-7H3;1H3. The van der Waals surface area contributed by atoms with Crippen molar-refractivity contribution < 1.29 is 23.8 Å². The molecule has 0 aliphatic carbocycles. The van der Waals surface area contributed by atoms with Gasteiger partial charge in [0.25, 0.3) is 0 Å². The lowest BCUT2D eigenvalue weighted by molar-refractivity contribution is -0.162. The molecule has 0 amide bonds. The third kappa shape index (κ3) is 13.5. The van der Waals surface area contributed by atoms with Crippen molar-refractivity contribution >= 4 is 34.5 Å². The summed E-state index contributed by atoms with van der Waals surface area (Å²) in [6, 6.07) is 0. The molecule has 0 saturated heterocycles. The summed E-state index contributed by atoms with van der Waals surface area (Å²) >= 11 is 2.15. The highest BCUT2D eigenvalue weighted by Gasteiger charge is 2.30. The van der Waals surface area contributed by atoms with Gasteiger partial charge in [-0.2, -0.15) is 0 Å². The van der Waals surface area contributed by atoms with Crippen molar-refractivity contribution in [1.82, 2.24) is 4.90 Å². The Balaban J connectivity index is 0. The first-order chi connectivity index (χ1) is 11.6. The summed E-state index contributed by atoms with van der Waals surface area (Å²) < 4.78 is 16.1. The first-order valence-electron chi connectivity index (χ1n) is 8.58. The highest BCUT2D eigenvalue weighted by Crippen LogP contribution is 2.19. The lowest BCUT2D eigenvalue weighted by Crippen LogP contribution is -2.35. The number of hydrogen-bond donors (Lipinski definition) is 0. The van der Waals surface area contributed by atoms with Gasteiger partial charge in [-0.05, 0) is 46.2 Å². The number of nitrogens with zero attached hydrogens (tertiary/aromatic N) is 1. The Kier molecular flexibility index (Phi) is 15.8. The zero-order valence-corrected chi connectivity index (χ0v) is 19.2. The number of esters is 2. The molecule has 0 aromatic carbocycles. The minimum Gasteiger partial charge on any atom is -0.464 e. The van der Waals surface area contributed by atoms with E-state index in [0.717, 1.165) is 6.42 Å². The van der Waals surface area contributed by atoms with Crippen LogP contribution in [0, 0.1) is 11.3 Å². The van der Waals surface area contributed by atoms with Gasteiger partial charge >= 0.3 is 11.9 Å². The quantitative estimate of drug-likeness (QED) is 0.261. The number of rotatable bonds is 11. The fourth-order valence-electron chi connectivity index (χ4n) is 1.48. The molecule has 0 saturated carbocycles. The monoisotopic (exact) mass is 473 g/mol. The number of ether oxygens (including phenoxy) is 3. The van der Waals surface area contributed by atoms with E-state index in [9.17, 15) is 9.59 Å². The van der Waals surface area contributed by atoms with Crippen LogP contribution in [0.1, 0.15) is 41.0 Å². The lowest BCUT2D eigenvalue weighted by Gasteiger charge is -2.25. The van der Waals surface area contributed by atoms with Crippen molar-refractivity contribution in [3.8, 4) is 0 Å². The fourth-order valence-corrected chi connectivity index (χ4v) is 1.48. The largest absolute Gasteiger partial charge is 0.464 e. The Morgan fingerprint density at radius 2 is 1.68 bits per heavy atom. The molecule has 0 spiro atoms. The van der Waals surface area contributed by atoms with E-state index in [4.69, 9.17) is 14.2 Å². The summed E-state index contributed by atoms with van der Waals surface area (Å²) in [6.07, 6.45) is 0.483. The predicted molar refractivity (Wildman–Crippen MR) is 109 cm³/mol. The second-order valence-corrected chi connectivity index (χ2v) is 6.88. The molecule has 25 heavy (non-hydrogen) atoms. The fraction of sp³-hybridized carbons (Fsp3) is 0.889. The van der Waals surface area contributed by atoms with Crippen LogP contribution in [-0.2, 0) is 23.8 Å². The molecule has 0 aromatic rings. The van der Waals surface area contributed by atoms with Gasteiger partial charge in [-0.25, -0.2) is 0 Å². The average Bonchev–Trinajstić information content (AvgIpc) is 2.58. The van der Waals surface area contributed by atoms with Gasteiger partial charge in [0.2, 0.25) is 0 Å². The van der Waals surface area contributed by atoms with Gasteiger partial charge < -0.3 is 19.1 Å². The number of hydrogen-bond acceptors (Lipinski definition) is 6. The topological polar surface area (TPSA) is 65.1 Å². The molecule has 0 aliphatic heterocycles. The van der Waals surface area contributed by atoms with E-state index < -0.39 is 5.41 Å². The highest BCUT2D eigenvalue weighted by molar-refractivity contribution is 14.1. The van der Waals surface area contributed by atoms with E-state index in [1.54, 1.807) is 13.8 Å². The van der Waals surface area contributed by atoms with Crippen LogP contribution in [0.5, 0.6) is 0 Å². The van der Waals surface area contributed by atoms with Crippen LogP contribution in [0.3, 0.4) is 0 Å². The molecule has 2 atom stereocenters. The van der Waals surface area contributed by atoms with E-state index in [1.807, 2.05) is 44.7 Å². The third-order valence-corrected chi connectivity index (χ3v) is 3.53. The molecule has 0 radical (unpaired) electrons. The molecule has 0 bridgehead atoms. The number of carbonyl (C=O) groups excluding carboxylic acids is 2. The Hall–Kier alpha value is -0.410. The number of carbonyl (C=O) groups is 2. The molecule has 0 fully saturated rings. The summed E-state index contributed by atoms with van der Waals surface area (Å²) in [6.45, 7) is 10.6. The zero-order chi connectivity index (χ0) is 20.0. The SMILES string of the molecule is CCC(C)C(=O)OCC(C)OCC(C)(C)C(=O)OCCN(C)C.CI. The Morgan fingerprint density at radius 1 is 1.12 bits per heavy atom. The molecule has 0 aromatic heterocycles. The summed E-state index contributed by atoms with van der Waals surface area (Å²) in [5, 5.41) is 0. The molecule has 6 nitrogen and oxygen atoms in total. The van der Waals surface area contributed by atoms with Crippen LogP contribution in [0.25, 0.3) is 0 Å². The first-order valence-corrected chi connectivity index (χ1v) is 10.7. The molecule has 2 unspecified atom stereocenters. The van der Waals surface area contributed by atoms with Crippen molar-refractivity contribution in [3.63, 3.8) is 0 Å². The van der Waals surface area contributed by atoms with Gasteiger partial charge in [0.05, 0.1) is 24.0 Å². The smallest absolute Gasteiger partial charge is 0.313 e. The second kappa shape index (κ2) is 14.7. The maximum Gasteiger partial charge on any atom is 0.313 e. The van der Waals surface area contributed by atoms with E-state index in [2.05, 4.69) is 22.6 Å². The van der Waals surface area contributed by atoms with Crippen molar-refractivity contribution in [2.24, 2.45) is 11.3 Å². The van der Waals surface area contributed by atoms with Crippen molar-refractivity contribution in [2.75, 3.05) is 45.4 Å². The average molecular weight is 473 g/mol. The molecule has 0 N–H and O–H groups in total. The molecule has 0 rings (SSSR count).